The van der Waals surface area contributed by atoms with Gasteiger partial charge < -0.3 is 14.0 Å². The van der Waals surface area contributed by atoms with Crippen molar-refractivity contribution in [3.05, 3.63) is 65.9 Å². The second kappa shape index (κ2) is 9.42. The normalized spacial score (nSPS) is 16.7. The molecule has 1 N–H and O–H groups in total. The van der Waals surface area contributed by atoms with E-state index in [1.165, 1.54) is 16.8 Å². The first-order valence-corrected chi connectivity index (χ1v) is 12.1. The van der Waals surface area contributed by atoms with Crippen molar-refractivity contribution in [3.8, 4) is 11.5 Å². The van der Waals surface area contributed by atoms with E-state index >= 15 is 0 Å². The SMILES string of the molecule is COc1cccc(OCCn2cc(C=C3C(=N)N4N=C(C(C)C)SC4=NC3=O)c3ccccc32)c1. The minimum Gasteiger partial charge on any atom is -0.497 e. The molecule has 35 heavy (non-hydrogen) atoms. The standard InChI is InChI=1S/C26H25N5O3S/c1-16(2)25-29-31-23(27)21(24(32)28-26(31)35-25)13-17-15-30(22-10-5-4-9-20(17)22)11-12-34-19-8-6-7-18(14-19)33-3/h4-10,13-16,27H,11-12H2,1-3H3. The van der Waals surface area contributed by atoms with Crippen LogP contribution >= 0.6 is 11.8 Å². The van der Waals surface area contributed by atoms with Gasteiger partial charge in [-0.15, -0.1) is 0 Å². The summed E-state index contributed by atoms with van der Waals surface area (Å²) < 4.78 is 13.3. The van der Waals surface area contributed by atoms with Gasteiger partial charge in [0.1, 0.15) is 23.1 Å². The maximum atomic E-state index is 12.8. The lowest BCUT2D eigenvalue weighted by Gasteiger charge is -2.20. The molecule has 0 saturated carbocycles. The summed E-state index contributed by atoms with van der Waals surface area (Å²) in [6.07, 6.45) is 3.72. The number of nitrogens with one attached hydrogen (secondary N) is 1. The van der Waals surface area contributed by atoms with Crippen molar-refractivity contribution in [1.82, 2.24) is 9.58 Å². The number of ether oxygens (including phenoxy) is 2. The van der Waals surface area contributed by atoms with Crippen molar-refractivity contribution < 1.29 is 14.3 Å². The number of para-hydroxylation sites is 1. The van der Waals surface area contributed by atoms with Crippen LogP contribution in [0.1, 0.15) is 19.4 Å². The molecule has 3 aromatic rings. The van der Waals surface area contributed by atoms with Gasteiger partial charge in [-0.1, -0.05) is 38.1 Å². The van der Waals surface area contributed by atoms with Crippen LogP contribution in [0.15, 0.2) is 70.4 Å². The predicted molar refractivity (Wildman–Crippen MR) is 140 cm³/mol. The summed E-state index contributed by atoms with van der Waals surface area (Å²) in [6.45, 7) is 5.13. The molecule has 9 heteroatoms. The number of aromatic nitrogens is 1. The Morgan fingerprint density at radius 1 is 1.14 bits per heavy atom. The Labute approximate surface area is 207 Å². The second-order valence-electron chi connectivity index (χ2n) is 8.44. The zero-order valence-electron chi connectivity index (χ0n) is 19.7. The van der Waals surface area contributed by atoms with Crippen LogP contribution in [0.4, 0.5) is 0 Å². The lowest BCUT2D eigenvalue weighted by atomic mass is 10.1. The fourth-order valence-electron chi connectivity index (χ4n) is 3.92. The molecule has 1 aromatic heterocycles. The fraction of sp³-hybridized carbons (Fsp3) is 0.231. The van der Waals surface area contributed by atoms with Crippen LogP contribution in [0.2, 0.25) is 0 Å². The first-order valence-electron chi connectivity index (χ1n) is 11.3. The van der Waals surface area contributed by atoms with E-state index in [1.54, 1.807) is 13.2 Å². The van der Waals surface area contributed by atoms with E-state index in [4.69, 9.17) is 14.9 Å². The minimum absolute atomic E-state index is 0.0429. The highest BCUT2D eigenvalue weighted by atomic mass is 32.2. The Balaban J connectivity index is 1.41. The quantitative estimate of drug-likeness (QED) is 0.473. The molecular formula is C26H25N5O3S. The Morgan fingerprint density at radius 2 is 1.94 bits per heavy atom. The van der Waals surface area contributed by atoms with Gasteiger partial charge in [0.2, 0.25) is 5.17 Å². The number of methoxy groups -OCH3 is 1. The zero-order chi connectivity index (χ0) is 24.5. The summed E-state index contributed by atoms with van der Waals surface area (Å²) in [5.74, 6) is 1.30. The molecule has 2 aromatic carbocycles. The average Bonchev–Trinajstić information content (AvgIpc) is 3.44. The first-order chi connectivity index (χ1) is 16.9. The number of hydrazone groups is 1. The molecule has 1 amide bonds. The maximum Gasteiger partial charge on any atom is 0.283 e. The van der Waals surface area contributed by atoms with Crippen molar-refractivity contribution in [3.63, 3.8) is 0 Å². The highest BCUT2D eigenvalue weighted by molar-refractivity contribution is 8.27. The molecule has 2 aliphatic heterocycles. The summed E-state index contributed by atoms with van der Waals surface area (Å²) in [5, 5.41) is 16.9. The summed E-state index contributed by atoms with van der Waals surface area (Å²) >= 11 is 1.35. The predicted octanol–water partition coefficient (Wildman–Crippen LogP) is 5.00. The number of aliphatic imine (C=N–C) groups is 1. The van der Waals surface area contributed by atoms with Crippen LogP contribution in [-0.4, -0.2) is 45.2 Å². The van der Waals surface area contributed by atoms with Crippen LogP contribution in [0, 0.1) is 11.3 Å². The average molecular weight is 488 g/mol. The molecule has 2 aliphatic rings. The van der Waals surface area contributed by atoms with E-state index in [1.807, 2.05) is 68.6 Å². The van der Waals surface area contributed by atoms with Gasteiger partial charge in [-0.05, 0) is 36.0 Å². The lowest BCUT2D eigenvalue weighted by Crippen LogP contribution is -2.35. The highest BCUT2D eigenvalue weighted by Gasteiger charge is 2.36. The van der Waals surface area contributed by atoms with Gasteiger partial charge in [0.15, 0.2) is 5.84 Å². The lowest BCUT2D eigenvalue weighted by molar-refractivity contribution is -0.114. The Morgan fingerprint density at radius 3 is 2.74 bits per heavy atom. The topological polar surface area (TPSA) is 92.3 Å². The summed E-state index contributed by atoms with van der Waals surface area (Å²) in [6, 6.07) is 15.5. The van der Waals surface area contributed by atoms with Crippen molar-refractivity contribution in [2.75, 3.05) is 13.7 Å². The van der Waals surface area contributed by atoms with Gasteiger partial charge in [-0.2, -0.15) is 15.1 Å². The third kappa shape index (κ3) is 4.46. The number of nitrogens with zero attached hydrogens (tertiary/aromatic N) is 4. The number of carbonyl (C=O) groups is 1. The minimum atomic E-state index is -0.424. The molecule has 0 saturated heterocycles. The summed E-state index contributed by atoms with van der Waals surface area (Å²) in [4.78, 5) is 17.0. The summed E-state index contributed by atoms with van der Waals surface area (Å²) in [5.41, 5.74) is 2.08. The molecule has 0 atom stereocenters. The smallest absolute Gasteiger partial charge is 0.283 e. The van der Waals surface area contributed by atoms with Crippen molar-refractivity contribution in [2.24, 2.45) is 16.0 Å². The molecule has 0 fully saturated rings. The monoisotopic (exact) mass is 487 g/mol. The number of benzene rings is 2. The second-order valence-corrected chi connectivity index (χ2v) is 9.42. The van der Waals surface area contributed by atoms with Gasteiger partial charge in [0, 0.05) is 34.6 Å². The Bertz CT molecular complexity index is 1420. The van der Waals surface area contributed by atoms with E-state index in [2.05, 4.69) is 14.7 Å². The van der Waals surface area contributed by atoms with Crippen molar-refractivity contribution in [1.29, 1.82) is 5.41 Å². The molecule has 3 heterocycles. The number of carbonyl (C=O) groups excluding carboxylic acids is 1. The van der Waals surface area contributed by atoms with E-state index in [0.29, 0.717) is 18.3 Å². The van der Waals surface area contributed by atoms with Crippen LogP contribution in [0.5, 0.6) is 11.5 Å². The Hall–Kier alpha value is -3.85. The molecule has 8 nitrogen and oxygen atoms in total. The van der Waals surface area contributed by atoms with Crippen molar-refractivity contribution in [2.45, 2.75) is 20.4 Å². The Kier molecular flexibility index (Phi) is 6.17. The molecular weight excluding hydrogens is 462 g/mol. The number of amidine groups is 2. The largest absolute Gasteiger partial charge is 0.497 e. The molecule has 0 aliphatic carbocycles. The highest BCUT2D eigenvalue weighted by Crippen LogP contribution is 2.32. The molecule has 0 radical (unpaired) electrons. The van der Waals surface area contributed by atoms with E-state index in [-0.39, 0.29) is 17.3 Å². The third-order valence-electron chi connectivity index (χ3n) is 5.73. The van der Waals surface area contributed by atoms with E-state index < -0.39 is 5.91 Å². The van der Waals surface area contributed by atoms with Crippen LogP contribution in [0.25, 0.3) is 17.0 Å². The number of hydrogen-bond acceptors (Lipinski definition) is 6. The van der Waals surface area contributed by atoms with E-state index in [0.717, 1.165) is 33.0 Å². The maximum absolute atomic E-state index is 12.8. The molecule has 0 unspecified atom stereocenters. The number of rotatable bonds is 7. The molecule has 178 valence electrons. The first kappa shape index (κ1) is 22.9. The number of hydrogen-bond donors (Lipinski definition) is 1. The fourth-order valence-corrected chi connectivity index (χ4v) is 4.82. The number of thioether (sulfide) groups is 1. The van der Waals surface area contributed by atoms with E-state index in [9.17, 15) is 4.79 Å². The van der Waals surface area contributed by atoms with Gasteiger partial charge in [-0.25, -0.2) is 0 Å². The van der Waals surface area contributed by atoms with Crippen LogP contribution in [0.3, 0.4) is 0 Å². The molecule has 0 bridgehead atoms. The third-order valence-corrected chi connectivity index (χ3v) is 6.93. The summed E-state index contributed by atoms with van der Waals surface area (Å²) in [7, 11) is 1.63. The van der Waals surface area contributed by atoms with Crippen LogP contribution in [-0.2, 0) is 11.3 Å². The number of fused-ring (bicyclic) bond motifs is 2. The van der Waals surface area contributed by atoms with Crippen LogP contribution < -0.4 is 9.47 Å². The van der Waals surface area contributed by atoms with Gasteiger partial charge in [0.25, 0.3) is 5.91 Å². The number of amides is 1. The van der Waals surface area contributed by atoms with Gasteiger partial charge >= 0.3 is 0 Å². The van der Waals surface area contributed by atoms with Crippen molar-refractivity contribution >= 4 is 50.7 Å². The zero-order valence-corrected chi connectivity index (χ0v) is 20.5. The molecule has 0 spiro atoms. The molecule has 5 rings (SSSR count). The van der Waals surface area contributed by atoms with Gasteiger partial charge in [-0.3, -0.25) is 10.2 Å². The van der Waals surface area contributed by atoms with Gasteiger partial charge in [0.05, 0.1) is 19.2 Å².